The quantitative estimate of drug-likeness (QED) is 0.531. The second-order valence-corrected chi connectivity index (χ2v) is 3.95. The van der Waals surface area contributed by atoms with Crippen LogP contribution < -0.4 is 5.32 Å². The second-order valence-electron chi connectivity index (χ2n) is 3.95. The Bertz CT molecular complexity index is 190. The minimum Gasteiger partial charge on any atom is -0.480 e. The standard InChI is InChI=1S/C10H19NO3/c12-8-3-1-2-7-11-10(9(13)14)5-4-6-10/h11-12H,1-8H2,(H,13,14). The van der Waals surface area contributed by atoms with Gasteiger partial charge in [0.25, 0.3) is 0 Å². The average molecular weight is 201 g/mol. The summed E-state index contributed by atoms with van der Waals surface area (Å²) in [5.74, 6) is -0.717. The molecule has 0 aliphatic heterocycles. The molecule has 4 heteroatoms. The minimum absolute atomic E-state index is 0.226. The Morgan fingerprint density at radius 2 is 2.00 bits per heavy atom. The van der Waals surface area contributed by atoms with Crippen molar-refractivity contribution in [3.05, 3.63) is 0 Å². The summed E-state index contributed by atoms with van der Waals surface area (Å²) < 4.78 is 0. The highest BCUT2D eigenvalue weighted by Crippen LogP contribution is 2.31. The third kappa shape index (κ3) is 2.69. The zero-order valence-electron chi connectivity index (χ0n) is 8.46. The van der Waals surface area contributed by atoms with E-state index in [1.54, 1.807) is 0 Å². The van der Waals surface area contributed by atoms with Crippen molar-refractivity contribution in [1.29, 1.82) is 0 Å². The van der Waals surface area contributed by atoms with Crippen LogP contribution in [0.15, 0.2) is 0 Å². The van der Waals surface area contributed by atoms with Crippen LogP contribution in [-0.4, -0.2) is 34.9 Å². The van der Waals surface area contributed by atoms with Gasteiger partial charge >= 0.3 is 5.97 Å². The molecule has 82 valence electrons. The molecule has 1 rings (SSSR count). The summed E-state index contributed by atoms with van der Waals surface area (Å²) in [6.07, 6.45) is 5.22. The molecule has 0 aromatic heterocycles. The lowest BCUT2D eigenvalue weighted by molar-refractivity contribution is -0.148. The zero-order chi connectivity index (χ0) is 10.4. The van der Waals surface area contributed by atoms with Gasteiger partial charge in [0.05, 0.1) is 0 Å². The van der Waals surface area contributed by atoms with Crippen molar-refractivity contribution in [3.8, 4) is 0 Å². The molecule has 0 radical (unpaired) electrons. The van der Waals surface area contributed by atoms with Crippen LogP contribution >= 0.6 is 0 Å². The molecular weight excluding hydrogens is 182 g/mol. The van der Waals surface area contributed by atoms with Crippen molar-refractivity contribution in [1.82, 2.24) is 5.32 Å². The van der Waals surface area contributed by atoms with Crippen LogP contribution in [0.5, 0.6) is 0 Å². The van der Waals surface area contributed by atoms with Crippen molar-refractivity contribution in [2.75, 3.05) is 13.2 Å². The van der Waals surface area contributed by atoms with Gasteiger partial charge in [-0.15, -0.1) is 0 Å². The van der Waals surface area contributed by atoms with E-state index in [2.05, 4.69) is 5.32 Å². The van der Waals surface area contributed by atoms with E-state index < -0.39 is 11.5 Å². The smallest absolute Gasteiger partial charge is 0.323 e. The van der Waals surface area contributed by atoms with E-state index >= 15 is 0 Å². The largest absolute Gasteiger partial charge is 0.480 e. The van der Waals surface area contributed by atoms with Crippen LogP contribution in [0.2, 0.25) is 0 Å². The lowest BCUT2D eigenvalue weighted by Gasteiger charge is -2.38. The summed E-state index contributed by atoms with van der Waals surface area (Å²) in [7, 11) is 0. The normalized spacial score (nSPS) is 18.9. The summed E-state index contributed by atoms with van der Waals surface area (Å²) in [6.45, 7) is 0.969. The van der Waals surface area contributed by atoms with Gasteiger partial charge in [0, 0.05) is 6.61 Å². The van der Waals surface area contributed by atoms with Crippen molar-refractivity contribution in [2.45, 2.75) is 44.1 Å². The number of aliphatic hydroxyl groups is 1. The molecular formula is C10H19NO3. The Morgan fingerprint density at radius 1 is 1.29 bits per heavy atom. The van der Waals surface area contributed by atoms with Crippen LogP contribution in [0, 0.1) is 0 Å². The molecule has 1 fully saturated rings. The van der Waals surface area contributed by atoms with E-state index in [9.17, 15) is 4.79 Å². The third-order valence-corrected chi connectivity index (χ3v) is 2.91. The minimum atomic E-state index is -0.717. The Morgan fingerprint density at radius 3 is 2.43 bits per heavy atom. The van der Waals surface area contributed by atoms with Crippen molar-refractivity contribution in [3.63, 3.8) is 0 Å². The van der Waals surface area contributed by atoms with Crippen LogP contribution in [-0.2, 0) is 4.79 Å². The number of hydrogen-bond donors (Lipinski definition) is 3. The first kappa shape index (κ1) is 11.5. The van der Waals surface area contributed by atoms with Crippen LogP contribution in [0.4, 0.5) is 0 Å². The Labute approximate surface area is 84.3 Å². The van der Waals surface area contributed by atoms with Gasteiger partial charge in [-0.3, -0.25) is 4.79 Å². The number of carboxylic acids is 1. The van der Waals surface area contributed by atoms with Gasteiger partial charge in [-0.1, -0.05) is 0 Å². The van der Waals surface area contributed by atoms with E-state index in [-0.39, 0.29) is 6.61 Å². The highest BCUT2D eigenvalue weighted by atomic mass is 16.4. The number of unbranched alkanes of at least 4 members (excludes halogenated alkanes) is 2. The molecule has 0 heterocycles. The maximum atomic E-state index is 10.9. The Kier molecular flexibility index (Phi) is 4.35. The molecule has 14 heavy (non-hydrogen) atoms. The number of aliphatic carboxylic acids is 1. The van der Waals surface area contributed by atoms with E-state index in [1.807, 2.05) is 0 Å². The van der Waals surface area contributed by atoms with Gasteiger partial charge in [0.2, 0.25) is 0 Å². The highest BCUT2D eigenvalue weighted by molar-refractivity contribution is 5.79. The van der Waals surface area contributed by atoms with Gasteiger partial charge in [0.15, 0.2) is 0 Å². The van der Waals surface area contributed by atoms with Gasteiger partial charge in [0.1, 0.15) is 5.54 Å². The molecule has 0 aromatic carbocycles. The molecule has 3 N–H and O–H groups in total. The summed E-state index contributed by atoms with van der Waals surface area (Å²) in [5, 5.41) is 20.7. The van der Waals surface area contributed by atoms with Gasteiger partial charge < -0.3 is 15.5 Å². The first-order valence-electron chi connectivity index (χ1n) is 5.30. The molecule has 0 saturated heterocycles. The number of aliphatic hydroxyl groups excluding tert-OH is 1. The molecule has 0 amide bonds. The second kappa shape index (κ2) is 5.32. The predicted molar refractivity (Wildman–Crippen MR) is 53.2 cm³/mol. The zero-order valence-corrected chi connectivity index (χ0v) is 8.46. The van der Waals surface area contributed by atoms with E-state index in [0.29, 0.717) is 0 Å². The van der Waals surface area contributed by atoms with Crippen molar-refractivity contribution in [2.24, 2.45) is 0 Å². The van der Waals surface area contributed by atoms with Crippen molar-refractivity contribution >= 4 is 5.97 Å². The fourth-order valence-electron chi connectivity index (χ4n) is 1.74. The predicted octanol–water partition coefficient (Wildman–Crippen LogP) is 0.746. The van der Waals surface area contributed by atoms with Crippen LogP contribution in [0.1, 0.15) is 38.5 Å². The summed E-state index contributed by atoms with van der Waals surface area (Å²) >= 11 is 0. The molecule has 0 bridgehead atoms. The van der Waals surface area contributed by atoms with Gasteiger partial charge in [-0.2, -0.15) is 0 Å². The number of rotatable bonds is 7. The number of carbonyl (C=O) groups is 1. The first-order chi connectivity index (χ1) is 6.71. The monoisotopic (exact) mass is 201 g/mol. The molecule has 0 atom stereocenters. The molecule has 1 aliphatic rings. The number of carboxylic acid groups (broad SMARTS) is 1. The summed E-state index contributed by atoms with van der Waals surface area (Å²) in [6, 6.07) is 0. The van der Waals surface area contributed by atoms with E-state index in [0.717, 1.165) is 45.1 Å². The Hall–Kier alpha value is -0.610. The van der Waals surface area contributed by atoms with Gasteiger partial charge in [-0.25, -0.2) is 0 Å². The average Bonchev–Trinajstić information content (AvgIpc) is 2.07. The lowest BCUT2D eigenvalue weighted by atomic mass is 9.77. The lowest BCUT2D eigenvalue weighted by Crippen LogP contribution is -2.57. The molecule has 1 aliphatic carbocycles. The van der Waals surface area contributed by atoms with Crippen molar-refractivity contribution < 1.29 is 15.0 Å². The van der Waals surface area contributed by atoms with E-state index in [4.69, 9.17) is 10.2 Å². The summed E-state index contributed by atoms with van der Waals surface area (Å²) in [5.41, 5.74) is -0.626. The topological polar surface area (TPSA) is 69.6 Å². The number of hydrogen-bond acceptors (Lipinski definition) is 3. The molecule has 0 unspecified atom stereocenters. The molecule has 4 nitrogen and oxygen atoms in total. The fourth-order valence-corrected chi connectivity index (χ4v) is 1.74. The highest BCUT2D eigenvalue weighted by Gasteiger charge is 2.43. The maximum absolute atomic E-state index is 10.9. The Balaban J connectivity index is 2.12. The maximum Gasteiger partial charge on any atom is 0.323 e. The van der Waals surface area contributed by atoms with Crippen LogP contribution in [0.3, 0.4) is 0 Å². The molecule has 0 spiro atoms. The SMILES string of the molecule is O=C(O)C1(NCCCCCO)CCC1. The van der Waals surface area contributed by atoms with Gasteiger partial charge in [-0.05, 0) is 45.1 Å². The third-order valence-electron chi connectivity index (χ3n) is 2.91. The molecule has 0 aromatic rings. The van der Waals surface area contributed by atoms with E-state index in [1.165, 1.54) is 0 Å². The van der Waals surface area contributed by atoms with Crippen LogP contribution in [0.25, 0.3) is 0 Å². The molecule has 1 saturated carbocycles. The number of nitrogens with one attached hydrogen (secondary N) is 1. The fraction of sp³-hybridized carbons (Fsp3) is 0.900. The first-order valence-corrected chi connectivity index (χ1v) is 5.30. The summed E-state index contributed by atoms with van der Waals surface area (Å²) in [4.78, 5) is 10.9.